The van der Waals surface area contributed by atoms with Crippen molar-refractivity contribution in [2.24, 2.45) is 0 Å². The van der Waals surface area contributed by atoms with Gasteiger partial charge in [-0.25, -0.2) is 0 Å². The van der Waals surface area contributed by atoms with E-state index in [0.717, 1.165) is 37.1 Å². The lowest BCUT2D eigenvalue weighted by atomic mass is 9.97. The van der Waals surface area contributed by atoms with Gasteiger partial charge in [-0.3, -0.25) is 9.59 Å². The first-order chi connectivity index (χ1) is 10.6. The maximum absolute atomic E-state index is 12.3. The molecule has 0 spiro atoms. The van der Waals surface area contributed by atoms with Crippen LogP contribution in [0.2, 0.25) is 0 Å². The Labute approximate surface area is 131 Å². The Bertz CT molecular complexity index is 543. The Morgan fingerprint density at radius 3 is 2.95 bits per heavy atom. The molecule has 1 unspecified atom stereocenters. The van der Waals surface area contributed by atoms with Crippen LogP contribution in [0.25, 0.3) is 0 Å². The summed E-state index contributed by atoms with van der Waals surface area (Å²) >= 11 is 0. The second-order valence-electron chi connectivity index (χ2n) is 5.74. The van der Waals surface area contributed by atoms with Crippen LogP contribution in [-0.4, -0.2) is 30.9 Å². The summed E-state index contributed by atoms with van der Waals surface area (Å²) in [6.45, 7) is 5.31. The number of amides is 2. The van der Waals surface area contributed by atoms with Crippen LogP contribution in [0.1, 0.15) is 49.0 Å². The number of rotatable bonds is 6. The highest BCUT2D eigenvalue weighted by atomic mass is 16.2. The highest BCUT2D eigenvalue weighted by Gasteiger charge is 2.17. The molecule has 5 nitrogen and oxygen atoms in total. The van der Waals surface area contributed by atoms with Crippen molar-refractivity contribution >= 4 is 17.5 Å². The highest BCUT2D eigenvalue weighted by Crippen LogP contribution is 2.25. The van der Waals surface area contributed by atoms with Gasteiger partial charge in [-0.1, -0.05) is 13.0 Å². The van der Waals surface area contributed by atoms with Crippen molar-refractivity contribution in [3.05, 3.63) is 29.3 Å². The Morgan fingerprint density at radius 2 is 2.18 bits per heavy atom. The first-order valence-corrected chi connectivity index (χ1v) is 8.05. The molecular weight excluding hydrogens is 278 g/mol. The Kier molecular flexibility index (Phi) is 5.81. The SMILES string of the molecule is CCC(C)NC(=O)CCNC(=O)c1cccc2c1CCCN2. The van der Waals surface area contributed by atoms with E-state index in [4.69, 9.17) is 0 Å². The number of nitrogens with one attached hydrogen (secondary N) is 3. The second-order valence-corrected chi connectivity index (χ2v) is 5.74. The number of hydrogen-bond acceptors (Lipinski definition) is 3. The molecule has 0 bridgehead atoms. The zero-order valence-corrected chi connectivity index (χ0v) is 13.4. The molecule has 3 N–H and O–H groups in total. The molecule has 5 heteroatoms. The largest absolute Gasteiger partial charge is 0.385 e. The van der Waals surface area contributed by atoms with E-state index in [1.807, 2.05) is 32.0 Å². The van der Waals surface area contributed by atoms with Gasteiger partial charge in [0.2, 0.25) is 5.91 Å². The van der Waals surface area contributed by atoms with Crippen LogP contribution in [0.3, 0.4) is 0 Å². The van der Waals surface area contributed by atoms with Crippen molar-refractivity contribution in [2.75, 3.05) is 18.4 Å². The van der Waals surface area contributed by atoms with Gasteiger partial charge >= 0.3 is 0 Å². The standard InChI is InChI=1S/C17H25N3O2/c1-3-12(2)20-16(21)9-11-19-17(22)14-6-4-8-15-13(14)7-5-10-18-15/h4,6,8,12,18H,3,5,7,9-11H2,1-2H3,(H,19,22)(H,20,21). The molecule has 2 amide bonds. The molecule has 0 aromatic heterocycles. The topological polar surface area (TPSA) is 70.2 Å². The van der Waals surface area contributed by atoms with Crippen molar-refractivity contribution in [3.63, 3.8) is 0 Å². The van der Waals surface area contributed by atoms with Crippen molar-refractivity contribution in [3.8, 4) is 0 Å². The maximum atomic E-state index is 12.3. The van der Waals surface area contributed by atoms with Crippen LogP contribution >= 0.6 is 0 Å². The summed E-state index contributed by atoms with van der Waals surface area (Å²) in [4.78, 5) is 24.0. The van der Waals surface area contributed by atoms with Gasteiger partial charge < -0.3 is 16.0 Å². The fourth-order valence-electron chi connectivity index (χ4n) is 2.56. The number of anilines is 1. The minimum atomic E-state index is -0.100. The first kappa shape index (κ1) is 16.3. The van der Waals surface area contributed by atoms with Crippen molar-refractivity contribution in [1.29, 1.82) is 0 Å². The van der Waals surface area contributed by atoms with Gasteiger partial charge in [0.25, 0.3) is 5.91 Å². The lowest BCUT2D eigenvalue weighted by molar-refractivity contribution is -0.121. The maximum Gasteiger partial charge on any atom is 0.251 e. The van der Waals surface area contributed by atoms with E-state index >= 15 is 0 Å². The molecule has 0 saturated heterocycles. The third-order valence-corrected chi connectivity index (χ3v) is 4.00. The van der Waals surface area contributed by atoms with Gasteiger partial charge in [0.05, 0.1) is 0 Å². The van der Waals surface area contributed by atoms with E-state index in [2.05, 4.69) is 16.0 Å². The highest BCUT2D eigenvalue weighted by molar-refractivity contribution is 5.97. The number of carbonyl (C=O) groups excluding carboxylic acids is 2. The van der Waals surface area contributed by atoms with E-state index < -0.39 is 0 Å². The van der Waals surface area contributed by atoms with Gasteiger partial charge in [-0.2, -0.15) is 0 Å². The molecule has 1 aliphatic heterocycles. The Balaban J connectivity index is 1.87. The quantitative estimate of drug-likeness (QED) is 0.753. The Morgan fingerprint density at radius 1 is 1.36 bits per heavy atom. The second kappa shape index (κ2) is 7.82. The zero-order chi connectivity index (χ0) is 15.9. The summed E-state index contributed by atoms with van der Waals surface area (Å²) in [6, 6.07) is 5.92. The Hall–Kier alpha value is -2.04. The molecule has 0 fully saturated rings. The molecule has 1 aliphatic rings. The van der Waals surface area contributed by atoms with E-state index in [1.165, 1.54) is 0 Å². The number of hydrogen-bond donors (Lipinski definition) is 3. The first-order valence-electron chi connectivity index (χ1n) is 8.05. The van der Waals surface area contributed by atoms with Gasteiger partial charge in [0.1, 0.15) is 0 Å². The summed E-state index contributed by atoms with van der Waals surface area (Å²) in [7, 11) is 0. The third kappa shape index (κ3) is 4.23. The number of carbonyl (C=O) groups is 2. The summed E-state index contributed by atoms with van der Waals surface area (Å²) in [5, 5.41) is 9.05. The van der Waals surface area contributed by atoms with Crippen LogP contribution in [0.15, 0.2) is 18.2 Å². The van der Waals surface area contributed by atoms with Crippen LogP contribution in [-0.2, 0) is 11.2 Å². The molecule has 2 rings (SSSR count). The fourth-order valence-corrected chi connectivity index (χ4v) is 2.56. The lowest BCUT2D eigenvalue weighted by Crippen LogP contribution is -2.35. The number of benzene rings is 1. The molecular formula is C17H25N3O2. The van der Waals surface area contributed by atoms with Crippen molar-refractivity contribution in [2.45, 2.75) is 45.6 Å². The van der Waals surface area contributed by atoms with Crippen LogP contribution in [0.5, 0.6) is 0 Å². The molecule has 1 heterocycles. The van der Waals surface area contributed by atoms with Gasteiger partial charge in [0.15, 0.2) is 0 Å². The minimum absolute atomic E-state index is 0.0218. The average molecular weight is 303 g/mol. The molecule has 22 heavy (non-hydrogen) atoms. The van der Waals surface area contributed by atoms with Crippen LogP contribution in [0, 0.1) is 0 Å². The van der Waals surface area contributed by atoms with Gasteiger partial charge in [-0.05, 0) is 43.9 Å². The lowest BCUT2D eigenvalue weighted by Gasteiger charge is -2.20. The predicted octanol–water partition coefficient (Wildman–Crippen LogP) is 2.08. The molecule has 120 valence electrons. The number of fused-ring (bicyclic) bond motifs is 1. The normalized spacial score (nSPS) is 14.5. The summed E-state index contributed by atoms with van der Waals surface area (Å²) in [5.41, 5.74) is 2.84. The third-order valence-electron chi connectivity index (χ3n) is 4.00. The molecule has 1 atom stereocenters. The fraction of sp³-hybridized carbons (Fsp3) is 0.529. The van der Waals surface area contributed by atoms with Crippen LogP contribution in [0.4, 0.5) is 5.69 Å². The van der Waals surface area contributed by atoms with Crippen molar-refractivity contribution in [1.82, 2.24) is 10.6 Å². The van der Waals surface area contributed by atoms with E-state index in [9.17, 15) is 9.59 Å². The summed E-state index contributed by atoms with van der Waals surface area (Å²) in [6.07, 6.45) is 3.17. The summed E-state index contributed by atoms with van der Waals surface area (Å²) in [5.74, 6) is -0.122. The predicted molar refractivity (Wildman–Crippen MR) is 88.1 cm³/mol. The van der Waals surface area contributed by atoms with Gasteiger partial charge in [-0.15, -0.1) is 0 Å². The zero-order valence-electron chi connectivity index (χ0n) is 13.4. The minimum Gasteiger partial charge on any atom is -0.385 e. The monoisotopic (exact) mass is 303 g/mol. The molecule has 1 aromatic carbocycles. The average Bonchev–Trinajstić information content (AvgIpc) is 2.54. The van der Waals surface area contributed by atoms with Gasteiger partial charge in [0, 0.05) is 36.8 Å². The molecule has 0 radical (unpaired) electrons. The summed E-state index contributed by atoms with van der Waals surface area (Å²) < 4.78 is 0. The molecule has 0 saturated carbocycles. The molecule has 0 aliphatic carbocycles. The van der Waals surface area contributed by atoms with Crippen LogP contribution < -0.4 is 16.0 Å². The van der Waals surface area contributed by atoms with E-state index in [-0.39, 0.29) is 17.9 Å². The van der Waals surface area contributed by atoms with E-state index in [1.54, 1.807) is 0 Å². The van der Waals surface area contributed by atoms with E-state index in [0.29, 0.717) is 18.5 Å². The molecule has 1 aromatic rings. The van der Waals surface area contributed by atoms with Crippen molar-refractivity contribution < 1.29 is 9.59 Å². The smallest absolute Gasteiger partial charge is 0.251 e.